The zero-order valence-electron chi connectivity index (χ0n) is 12.2. The molecule has 3 unspecified atom stereocenters. The molecule has 0 bridgehead atoms. The maximum Gasteiger partial charge on any atom is 0.237 e. The Hall–Kier alpha value is -1.07. The molecule has 3 nitrogen and oxygen atoms in total. The number of amides is 1. The smallest absolute Gasteiger partial charge is 0.237 e. The number of piperidine rings is 1. The van der Waals surface area contributed by atoms with E-state index in [2.05, 4.69) is 17.6 Å². The molecule has 1 fully saturated rings. The fourth-order valence-corrected chi connectivity index (χ4v) is 4.20. The van der Waals surface area contributed by atoms with Crippen molar-refractivity contribution < 1.29 is 9.18 Å². The van der Waals surface area contributed by atoms with Crippen molar-refractivity contribution in [3.63, 3.8) is 0 Å². The van der Waals surface area contributed by atoms with Crippen molar-refractivity contribution in [1.29, 1.82) is 0 Å². The summed E-state index contributed by atoms with van der Waals surface area (Å²) >= 11 is 1.73. The number of carbonyl (C=O) groups is 1. The Kier molecular flexibility index (Phi) is 4.50. The minimum absolute atomic E-state index is 0.0497. The number of hydrogen-bond acceptors (Lipinski definition) is 3. The molecule has 1 saturated heterocycles. The Morgan fingerprint density at radius 2 is 2.29 bits per heavy atom. The maximum absolute atomic E-state index is 13.5. The number of nitrogens with one attached hydrogen (secondary N) is 2. The fourth-order valence-electron chi connectivity index (χ4n) is 3.09. The molecule has 114 valence electrons. The summed E-state index contributed by atoms with van der Waals surface area (Å²) in [5.41, 5.74) is 0.920. The predicted molar refractivity (Wildman–Crippen MR) is 82.8 cm³/mol. The monoisotopic (exact) mass is 308 g/mol. The number of rotatable bonds is 2. The molecule has 5 heteroatoms. The van der Waals surface area contributed by atoms with Gasteiger partial charge in [-0.2, -0.15) is 0 Å². The summed E-state index contributed by atoms with van der Waals surface area (Å²) in [6.07, 6.45) is 2.86. The largest absolute Gasteiger partial charge is 0.348 e. The normalized spacial score (nSPS) is 28.8. The van der Waals surface area contributed by atoms with E-state index >= 15 is 0 Å². The highest BCUT2D eigenvalue weighted by Crippen LogP contribution is 2.36. The first kappa shape index (κ1) is 14.9. The molecule has 2 aliphatic heterocycles. The highest BCUT2D eigenvalue weighted by Gasteiger charge is 2.28. The number of carbonyl (C=O) groups excluding carboxylic acids is 1. The average Bonchev–Trinajstić information content (AvgIpc) is 2.48. The Labute approximate surface area is 129 Å². The lowest BCUT2D eigenvalue weighted by Crippen LogP contribution is -2.49. The minimum Gasteiger partial charge on any atom is -0.348 e. The van der Waals surface area contributed by atoms with E-state index in [9.17, 15) is 9.18 Å². The van der Waals surface area contributed by atoms with Crippen LogP contribution in [0.3, 0.4) is 0 Å². The number of thioether (sulfide) groups is 1. The molecule has 2 heterocycles. The van der Waals surface area contributed by atoms with Crippen LogP contribution in [0.1, 0.15) is 37.8 Å². The second-order valence-electron chi connectivity index (χ2n) is 6.02. The van der Waals surface area contributed by atoms with Gasteiger partial charge in [0.25, 0.3) is 0 Å². The van der Waals surface area contributed by atoms with E-state index in [4.69, 9.17) is 0 Å². The van der Waals surface area contributed by atoms with Crippen LogP contribution in [0.15, 0.2) is 23.1 Å². The van der Waals surface area contributed by atoms with Crippen molar-refractivity contribution in [3.8, 4) is 0 Å². The number of fused-ring (bicyclic) bond motifs is 1. The molecule has 0 saturated carbocycles. The van der Waals surface area contributed by atoms with Crippen LogP contribution < -0.4 is 10.6 Å². The van der Waals surface area contributed by atoms with Crippen LogP contribution >= 0.6 is 11.8 Å². The molecule has 21 heavy (non-hydrogen) atoms. The van der Waals surface area contributed by atoms with Gasteiger partial charge in [0.15, 0.2) is 0 Å². The summed E-state index contributed by atoms with van der Waals surface area (Å²) in [6, 6.07) is 4.68. The van der Waals surface area contributed by atoms with E-state index in [0.29, 0.717) is 5.92 Å². The summed E-state index contributed by atoms with van der Waals surface area (Å²) in [4.78, 5) is 13.5. The number of hydrogen-bond donors (Lipinski definition) is 2. The Balaban J connectivity index is 1.71. The Bertz CT molecular complexity index is 537. The lowest BCUT2D eigenvalue weighted by atomic mass is 9.93. The molecule has 0 aromatic heterocycles. The minimum atomic E-state index is -0.236. The highest BCUT2D eigenvalue weighted by atomic mass is 32.2. The van der Waals surface area contributed by atoms with E-state index in [0.717, 1.165) is 42.0 Å². The number of halogens is 1. The summed E-state index contributed by atoms with van der Waals surface area (Å²) in [5, 5.41) is 6.39. The van der Waals surface area contributed by atoms with Crippen molar-refractivity contribution in [2.24, 2.45) is 5.92 Å². The molecule has 2 N–H and O–H groups in total. The summed E-state index contributed by atoms with van der Waals surface area (Å²) in [6.45, 7) is 3.08. The van der Waals surface area contributed by atoms with Gasteiger partial charge in [0.1, 0.15) is 5.82 Å². The Morgan fingerprint density at radius 1 is 1.43 bits per heavy atom. The summed E-state index contributed by atoms with van der Waals surface area (Å²) in [5.74, 6) is 1.35. The van der Waals surface area contributed by atoms with Gasteiger partial charge in [-0.3, -0.25) is 4.79 Å². The van der Waals surface area contributed by atoms with Crippen molar-refractivity contribution >= 4 is 17.7 Å². The van der Waals surface area contributed by atoms with Crippen LogP contribution in [0.2, 0.25) is 0 Å². The third kappa shape index (κ3) is 3.40. The molecule has 1 aromatic rings. The van der Waals surface area contributed by atoms with Gasteiger partial charge >= 0.3 is 0 Å². The van der Waals surface area contributed by atoms with Crippen LogP contribution in [0.5, 0.6) is 0 Å². The first-order valence-corrected chi connectivity index (χ1v) is 8.58. The average molecular weight is 308 g/mol. The van der Waals surface area contributed by atoms with Gasteiger partial charge in [-0.15, -0.1) is 11.8 Å². The molecule has 0 radical (unpaired) electrons. The van der Waals surface area contributed by atoms with E-state index in [-0.39, 0.29) is 23.8 Å². The predicted octanol–water partition coefficient (Wildman–Crippen LogP) is 2.87. The third-order valence-corrected chi connectivity index (χ3v) is 5.43. The first-order chi connectivity index (χ1) is 10.1. The Morgan fingerprint density at radius 3 is 3.10 bits per heavy atom. The van der Waals surface area contributed by atoms with E-state index < -0.39 is 0 Å². The highest BCUT2D eigenvalue weighted by molar-refractivity contribution is 7.99. The molecule has 0 spiro atoms. The van der Waals surface area contributed by atoms with Crippen LogP contribution in [0, 0.1) is 11.7 Å². The van der Waals surface area contributed by atoms with Gasteiger partial charge < -0.3 is 10.6 Å². The lowest BCUT2D eigenvalue weighted by Gasteiger charge is -2.31. The van der Waals surface area contributed by atoms with Crippen LogP contribution in [-0.2, 0) is 4.79 Å². The van der Waals surface area contributed by atoms with Gasteiger partial charge in [-0.25, -0.2) is 4.39 Å². The van der Waals surface area contributed by atoms with Crippen molar-refractivity contribution in [2.75, 3.05) is 12.3 Å². The topological polar surface area (TPSA) is 41.1 Å². The van der Waals surface area contributed by atoms with Gasteiger partial charge in [-0.1, -0.05) is 6.92 Å². The van der Waals surface area contributed by atoms with Crippen LogP contribution in [0.4, 0.5) is 4.39 Å². The molecule has 2 aliphatic rings. The van der Waals surface area contributed by atoms with Crippen LogP contribution in [0.25, 0.3) is 0 Å². The maximum atomic E-state index is 13.5. The third-order valence-electron chi connectivity index (χ3n) is 4.31. The SMILES string of the molecule is CC1CCNC(C(=O)NC2CCSc3ccc(F)cc32)C1. The van der Waals surface area contributed by atoms with E-state index in [1.807, 2.05) is 6.07 Å². The molecule has 3 rings (SSSR count). The van der Waals surface area contributed by atoms with Gasteiger partial charge in [0.05, 0.1) is 12.1 Å². The second kappa shape index (κ2) is 6.36. The quantitative estimate of drug-likeness (QED) is 0.883. The molecular weight excluding hydrogens is 287 g/mol. The molecule has 1 amide bonds. The number of benzene rings is 1. The molecule has 1 aromatic carbocycles. The van der Waals surface area contributed by atoms with Gasteiger partial charge in [0, 0.05) is 10.6 Å². The zero-order chi connectivity index (χ0) is 14.8. The zero-order valence-corrected chi connectivity index (χ0v) is 13.0. The van der Waals surface area contributed by atoms with Crippen molar-refractivity contribution in [1.82, 2.24) is 10.6 Å². The van der Waals surface area contributed by atoms with Crippen molar-refractivity contribution in [2.45, 2.75) is 43.2 Å². The molecule has 3 atom stereocenters. The fraction of sp³-hybridized carbons (Fsp3) is 0.562. The van der Waals surface area contributed by atoms with Gasteiger partial charge in [0.2, 0.25) is 5.91 Å². The lowest BCUT2D eigenvalue weighted by molar-refractivity contribution is -0.124. The van der Waals surface area contributed by atoms with Crippen LogP contribution in [-0.4, -0.2) is 24.2 Å². The summed E-state index contributed by atoms with van der Waals surface area (Å²) < 4.78 is 13.5. The standard InChI is InChI=1S/C16H21FN2OS/c1-10-4-6-18-14(8-10)16(20)19-13-5-7-21-15-3-2-11(17)9-12(13)15/h2-3,9-10,13-14,18H,4-8H2,1H3,(H,19,20). The van der Waals surface area contributed by atoms with Gasteiger partial charge in [-0.05, 0) is 55.5 Å². The first-order valence-electron chi connectivity index (χ1n) is 7.59. The molecule has 0 aliphatic carbocycles. The van der Waals surface area contributed by atoms with Crippen molar-refractivity contribution in [3.05, 3.63) is 29.6 Å². The summed E-state index contributed by atoms with van der Waals surface area (Å²) in [7, 11) is 0. The van der Waals surface area contributed by atoms with E-state index in [1.54, 1.807) is 17.8 Å². The second-order valence-corrected chi connectivity index (χ2v) is 7.15. The molecular formula is C16H21FN2OS. The van der Waals surface area contributed by atoms with E-state index in [1.165, 1.54) is 6.07 Å².